The zero-order chi connectivity index (χ0) is 25.0. The van der Waals surface area contributed by atoms with E-state index in [9.17, 15) is 22.8 Å². The number of halogens is 3. The lowest BCUT2D eigenvalue weighted by molar-refractivity contribution is -0.137. The van der Waals surface area contributed by atoms with Crippen LogP contribution in [0.25, 0.3) is 5.57 Å². The van der Waals surface area contributed by atoms with E-state index < -0.39 is 17.7 Å². The van der Waals surface area contributed by atoms with Crippen LogP contribution in [0.15, 0.2) is 70.6 Å². The third kappa shape index (κ3) is 6.00. The van der Waals surface area contributed by atoms with Gasteiger partial charge in [0.25, 0.3) is 0 Å². The van der Waals surface area contributed by atoms with Gasteiger partial charge in [-0.2, -0.15) is 13.2 Å². The number of hydrogen-bond donors (Lipinski definition) is 0. The summed E-state index contributed by atoms with van der Waals surface area (Å²) in [5, 5.41) is 1.73. The summed E-state index contributed by atoms with van der Waals surface area (Å²) in [6.45, 7) is 1.80. The summed E-state index contributed by atoms with van der Waals surface area (Å²) in [5.41, 5.74) is 5.21. The second-order valence-corrected chi connectivity index (χ2v) is 9.14. The number of carbonyl (C=O) groups is 2. The molecule has 0 radical (unpaired) electrons. The first kappa shape index (κ1) is 24.7. The molecule has 0 saturated carbocycles. The van der Waals surface area contributed by atoms with Crippen LogP contribution in [0.5, 0.6) is 0 Å². The summed E-state index contributed by atoms with van der Waals surface area (Å²) in [7, 11) is 0. The molecule has 180 valence electrons. The van der Waals surface area contributed by atoms with Crippen LogP contribution in [0.4, 0.5) is 13.2 Å². The summed E-state index contributed by atoms with van der Waals surface area (Å²) in [6, 6.07) is 12.6. The number of rotatable bonds is 9. The highest BCUT2D eigenvalue weighted by Crippen LogP contribution is 2.33. The van der Waals surface area contributed by atoms with Crippen LogP contribution in [0.3, 0.4) is 0 Å². The highest BCUT2D eigenvalue weighted by Gasteiger charge is 2.32. The normalized spacial score (nSPS) is 14.4. The molecule has 1 unspecified atom stereocenters. The molecular weight excluding hydrogens is 473 g/mol. The van der Waals surface area contributed by atoms with E-state index in [0.717, 1.165) is 28.8 Å². The minimum atomic E-state index is -4.45. The summed E-state index contributed by atoms with van der Waals surface area (Å²) in [5.74, 6) is -0.788. The van der Waals surface area contributed by atoms with Crippen molar-refractivity contribution in [1.29, 1.82) is 0 Å². The molecule has 2 heterocycles. The molecule has 1 aliphatic rings. The topological polar surface area (TPSA) is 59.4 Å². The molecule has 0 bridgehead atoms. The van der Waals surface area contributed by atoms with Gasteiger partial charge in [0, 0.05) is 42.5 Å². The fraction of sp³-hybridized carbons (Fsp3) is 0.259. The molecule has 0 N–H and O–H groups in total. The van der Waals surface area contributed by atoms with E-state index in [1.165, 1.54) is 17.4 Å². The molecule has 2 aromatic carbocycles. The van der Waals surface area contributed by atoms with Crippen molar-refractivity contribution in [1.82, 2.24) is 4.98 Å². The Kier molecular flexibility index (Phi) is 7.40. The van der Waals surface area contributed by atoms with Crippen LogP contribution >= 0.6 is 11.3 Å². The van der Waals surface area contributed by atoms with Crippen molar-refractivity contribution in [3.63, 3.8) is 0 Å². The number of aliphatic imine (C=N–C) groups is 1. The third-order valence-corrected chi connectivity index (χ3v) is 6.58. The highest BCUT2D eigenvalue weighted by molar-refractivity contribution is 7.07. The average molecular weight is 497 g/mol. The van der Waals surface area contributed by atoms with E-state index in [4.69, 9.17) is 0 Å². The highest BCUT2D eigenvalue weighted by atomic mass is 32.1. The number of Topliss-reactive ketones (excluding diaryl/α,β-unsaturated/α-hetero) is 2. The Morgan fingerprint density at radius 2 is 1.86 bits per heavy atom. The molecule has 4 nitrogen and oxygen atoms in total. The van der Waals surface area contributed by atoms with Gasteiger partial charge in [0.1, 0.15) is 11.5 Å². The molecule has 0 aliphatic carbocycles. The van der Waals surface area contributed by atoms with Gasteiger partial charge in [-0.05, 0) is 34.8 Å². The molecule has 1 atom stereocenters. The monoisotopic (exact) mass is 496 g/mol. The smallest absolute Gasteiger partial charge is 0.299 e. The van der Waals surface area contributed by atoms with Gasteiger partial charge in [-0.15, -0.1) is 11.3 Å². The largest absolute Gasteiger partial charge is 0.416 e. The number of hydrogen-bond acceptors (Lipinski definition) is 5. The van der Waals surface area contributed by atoms with Crippen LogP contribution < -0.4 is 0 Å². The minimum absolute atomic E-state index is 0.0329. The van der Waals surface area contributed by atoms with Gasteiger partial charge in [-0.25, -0.2) is 4.98 Å². The Hall–Kier alpha value is -3.39. The molecule has 35 heavy (non-hydrogen) atoms. The van der Waals surface area contributed by atoms with Crippen LogP contribution in [-0.4, -0.2) is 22.3 Å². The van der Waals surface area contributed by atoms with Crippen LogP contribution in [-0.2, 0) is 17.4 Å². The summed E-state index contributed by atoms with van der Waals surface area (Å²) >= 11 is 1.38. The standard InChI is InChI=1S/C27H23F3N2O2S/c1-2-23(19-4-3-5-21(11-19)27(28,29)30)25(33)13-22-12-20(14-31-22)18-8-6-17(7-9-18)10-26(34)24-15-35-16-32-24/h3-9,11,14-16,23H,2,10,12-13H2,1H3. The van der Waals surface area contributed by atoms with E-state index >= 15 is 0 Å². The Morgan fingerprint density at radius 1 is 1.09 bits per heavy atom. The van der Waals surface area contributed by atoms with E-state index in [0.29, 0.717) is 29.8 Å². The predicted molar refractivity (Wildman–Crippen MR) is 131 cm³/mol. The maximum absolute atomic E-state index is 13.1. The SMILES string of the molecule is CCC(C(=O)CC1=NC=C(c2ccc(CC(=O)c3cscn3)cc2)C1)c1cccc(C(F)(F)F)c1. The fourth-order valence-corrected chi connectivity index (χ4v) is 4.69. The van der Waals surface area contributed by atoms with Crippen molar-refractivity contribution in [2.75, 3.05) is 0 Å². The molecule has 1 aromatic heterocycles. The molecule has 0 saturated heterocycles. The number of aromatic nitrogens is 1. The van der Waals surface area contributed by atoms with Crippen molar-refractivity contribution in [3.8, 4) is 0 Å². The Morgan fingerprint density at radius 3 is 2.51 bits per heavy atom. The Bertz CT molecular complexity index is 1280. The van der Waals surface area contributed by atoms with Crippen LogP contribution in [0.1, 0.15) is 64.8 Å². The average Bonchev–Trinajstić information content (AvgIpc) is 3.52. The van der Waals surface area contributed by atoms with Gasteiger partial charge in [0.05, 0.1) is 11.1 Å². The van der Waals surface area contributed by atoms with Gasteiger partial charge in [-0.1, -0.05) is 49.4 Å². The molecule has 0 amide bonds. The number of alkyl halides is 3. The van der Waals surface area contributed by atoms with Gasteiger partial charge in [0.15, 0.2) is 5.78 Å². The van der Waals surface area contributed by atoms with Crippen LogP contribution in [0, 0.1) is 0 Å². The van der Waals surface area contributed by atoms with Crippen LogP contribution in [0.2, 0.25) is 0 Å². The second-order valence-electron chi connectivity index (χ2n) is 8.42. The lowest BCUT2D eigenvalue weighted by atomic mass is 9.88. The number of nitrogens with zero attached hydrogens (tertiary/aromatic N) is 2. The van der Waals surface area contributed by atoms with Gasteiger partial charge < -0.3 is 0 Å². The van der Waals surface area contributed by atoms with E-state index in [-0.39, 0.29) is 24.4 Å². The zero-order valence-electron chi connectivity index (χ0n) is 19.0. The van der Waals surface area contributed by atoms with Crippen molar-refractivity contribution < 1.29 is 22.8 Å². The number of thiazole rings is 1. The van der Waals surface area contributed by atoms with Gasteiger partial charge >= 0.3 is 6.18 Å². The zero-order valence-corrected chi connectivity index (χ0v) is 19.8. The summed E-state index contributed by atoms with van der Waals surface area (Å²) in [6.07, 6.45) is -1.45. The molecule has 3 aromatic rings. The molecular formula is C27H23F3N2O2S. The Labute approximate surface area is 205 Å². The van der Waals surface area contributed by atoms with Crippen molar-refractivity contribution >= 4 is 34.2 Å². The molecule has 0 fully saturated rings. The molecule has 0 spiro atoms. The number of allylic oxidation sites excluding steroid dienone is 1. The van der Waals surface area contributed by atoms with Crippen molar-refractivity contribution in [2.45, 2.75) is 44.7 Å². The lowest BCUT2D eigenvalue weighted by Gasteiger charge is -2.16. The first-order valence-electron chi connectivity index (χ1n) is 11.2. The maximum atomic E-state index is 13.1. The van der Waals surface area contributed by atoms with Crippen molar-refractivity contribution in [2.24, 2.45) is 4.99 Å². The molecule has 4 rings (SSSR count). The lowest BCUT2D eigenvalue weighted by Crippen LogP contribution is -2.16. The summed E-state index contributed by atoms with van der Waals surface area (Å²) in [4.78, 5) is 33.6. The number of carbonyl (C=O) groups excluding carboxylic acids is 2. The maximum Gasteiger partial charge on any atom is 0.416 e. The quantitative estimate of drug-likeness (QED) is 0.302. The summed E-state index contributed by atoms with van der Waals surface area (Å²) < 4.78 is 39.3. The van der Waals surface area contributed by atoms with E-state index in [1.807, 2.05) is 24.3 Å². The minimum Gasteiger partial charge on any atom is -0.299 e. The van der Waals surface area contributed by atoms with E-state index in [1.54, 1.807) is 30.1 Å². The predicted octanol–water partition coefficient (Wildman–Crippen LogP) is 6.93. The first-order chi connectivity index (χ1) is 16.7. The Balaban J connectivity index is 1.36. The number of ketones is 2. The number of benzene rings is 2. The van der Waals surface area contributed by atoms with Crippen molar-refractivity contribution in [3.05, 3.63) is 93.6 Å². The van der Waals surface area contributed by atoms with Gasteiger partial charge in [-0.3, -0.25) is 14.6 Å². The van der Waals surface area contributed by atoms with E-state index in [2.05, 4.69) is 9.98 Å². The van der Waals surface area contributed by atoms with Gasteiger partial charge in [0.2, 0.25) is 0 Å². The molecule has 1 aliphatic heterocycles. The third-order valence-electron chi connectivity index (χ3n) is 6.00. The first-order valence-corrected chi connectivity index (χ1v) is 12.1. The second kappa shape index (κ2) is 10.5. The molecule has 8 heteroatoms. The fourth-order valence-electron chi connectivity index (χ4n) is 4.13.